The van der Waals surface area contributed by atoms with Gasteiger partial charge in [0.2, 0.25) is 0 Å². The van der Waals surface area contributed by atoms with Crippen molar-refractivity contribution in [2.24, 2.45) is 0 Å². The molecule has 0 unspecified atom stereocenters. The molecule has 8 aromatic rings. The molecule has 2 aliphatic heterocycles. The highest BCUT2D eigenvalue weighted by atomic mass is 16.3. The Hall–Kier alpha value is -6.26. The average Bonchev–Trinajstić information content (AvgIpc) is 3.79. The van der Waals surface area contributed by atoms with Gasteiger partial charge in [0.05, 0.1) is 22.7 Å². The van der Waals surface area contributed by atoms with E-state index in [2.05, 4.69) is 247 Å². The third kappa shape index (κ3) is 7.34. The molecule has 1 aromatic heterocycles. The molecule has 14 rings (SSSR count). The Morgan fingerprint density at radius 1 is 0.421 bits per heavy atom. The third-order valence-corrected chi connectivity index (χ3v) is 19.8. The first-order valence-electron chi connectivity index (χ1n) is 28.7. The molecule has 386 valence electrons. The number of hydrogen-bond acceptors (Lipinski definition) is 3. The highest BCUT2D eigenvalue weighted by Gasteiger charge is 2.52. The van der Waals surface area contributed by atoms with E-state index in [9.17, 15) is 0 Å². The Labute approximate surface area is 455 Å². The van der Waals surface area contributed by atoms with Gasteiger partial charge in [0.15, 0.2) is 0 Å². The number of hydrogen-bond donors (Lipinski definition) is 0. The van der Waals surface area contributed by atoms with E-state index in [0.29, 0.717) is 0 Å². The van der Waals surface area contributed by atoms with Crippen LogP contribution in [0.2, 0.25) is 0 Å². The molecule has 4 aliphatic carbocycles. The Balaban J connectivity index is 1.22. The van der Waals surface area contributed by atoms with E-state index in [0.717, 1.165) is 24.1 Å². The molecule has 0 atom stereocenters. The second-order valence-corrected chi connectivity index (χ2v) is 29.0. The average molecular weight is 999 g/mol. The predicted octanol–water partition coefficient (Wildman–Crippen LogP) is 18.2. The van der Waals surface area contributed by atoms with Gasteiger partial charge < -0.3 is 14.2 Å². The van der Waals surface area contributed by atoms with Gasteiger partial charge in [0, 0.05) is 33.6 Å². The first-order valence-corrected chi connectivity index (χ1v) is 28.7. The normalized spacial score (nSPS) is 21.0. The molecule has 6 aliphatic rings. The quantitative estimate of drug-likeness (QED) is 0.164. The second-order valence-electron chi connectivity index (χ2n) is 29.0. The highest BCUT2D eigenvalue weighted by molar-refractivity contribution is 7.00. The van der Waals surface area contributed by atoms with Gasteiger partial charge in [-0.3, -0.25) is 0 Å². The van der Waals surface area contributed by atoms with Gasteiger partial charge in [-0.25, -0.2) is 0 Å². The summed E-state index contributed by atoms with van der Waals surface area (Å²) in [4.78, 5) is 5.39. The van der Waals surface area contributed by atoms with Crippen molar-refractivity contribution in [1.29, 1.82) is 0 Å². The van der Waals surface area contributed by atoms with Crippen molar-refractivity contribution in [2.75, 3.05) is 9.80 Å². The minimum atomic E-state index is -0.182. The highest BCUT2D eigenvalue weighted by Crippen LogP contribution is 2.60. The van der Waals surface area contributed by atoms with Crippen molar-refractivity contribution < 1.29 is 4.42 Å². The van der Waals surface area contributed by atoms with E-state index in [-0.39, 0.29) is 44.6 Å². The van der Waals surface area contributed by atoms with Crippen molar-refractivity contribution >= 4 is 68.4 Å². The van der Waals surface area contributed by atoms with E-state index < -0.39 is 0 Å². The lowest BCUT2D eigenvalue weighted by Crippen LogP contribution is -2.61. The van der Waals surface area contributed by atoms with Crippen molar-refractivity contribution in [3.63, 3.8) is 0 Å². The number of anilines is 6. The standard InChI is InChI=1S/C72H79BN2O/c1-66(2,3)46-26-28-57(49(36-46)44-22-18-16-19-23-44)74-58-29-27-47(67(4,5)6)37-56(58)73-63-60(74)38-48(68(7,8)9)39-61(63)75(64-51-41-54-55(43-62(51)76-65(64)73)72(15)34-32-71(54,14)33-35-72)59-42-53-52(69(10,11)30-31-70(53,12)13)40-50(59)45-24-20-17-21-25-45/h16-29,36-43H,30-35H2,1-15H3. The summed E-state index contributed by atoms with van der Waals surface area (Å²) in [5.41, 5.74) is 26.8. The Morgan fingerprint density at radius 3 is 1.46 bits per heavy atom. The van der Waals surface area contributed by atoms with Gasteiger partial charge in [-0.05, 0) is 192 Å². The Kier molecular flexibility index (Phi) is 10.5. The molecule has 1 fully saturated rings. The fourth-order valence-corrected chi connectivity index (χ4v) is 14.5. The molecule has 0 radical (unpaired) electrons. The Bertz CT molecular complexity index is 3690. The first-order chi connectivity index (χ1) is 35.8. The summed E-state index contributed by atoms with van der Waals surface area (Å²) in [5.74, 6) is 0. The molecule has 0 saturated heterocycles. The van der Waals surface area contributed by atoms with Crippen LogP contribution in [-0.2, 0) is 37.9 Å². The number of benzene rings is 7. The smallest absolute Gasteiger partial charge is 0.297 e. The summed E-state index contributed by atoms with van der Waals surface area (Å²) in [6.45, 7) is 36.1. The maximum absolute atomic E-state index is 7.88. The molecule has 0 N–H and O–H groups in total. The van der Waals surface area contributed by atoms with Crippen LogP contribution < -0.4 is 26.4 Å². The van der Waals surface area contributed by atoms with Gasteiger partial charge in [0.1, 0.15) is 5.58 Å². The van der Waals surface area contributed by atoms with Gasteiger partial charge in [-0.2, -0.15) is 0 Å². The van der Waals surface area contributed by atoms with E-state index in [1.54, 1.807) is 0 Å². The maximum Gasteiger partial charge on any atom is 0.297 e. The van der Waals surface area contributed by atoms with E-state index in [1.807, 2.05) is 0 Å². The van der Waals surface area contributed by atoms with Crippen LogP contribution in [0.5, 0.6) is 0 Å². The van der Waals surface area contributed by atoms with Crippen molar-refractivity contribution in [1.82, 2.24) is 0 Å². The molecule has 0 spiro atoms. The lowest BCUT2D eigenvalue weighted by molar-refractivity contribution is 0.188. The van der Waals surface area contributed by atoms with Crippen molar-refractivity contribution in [3.8, 4) is 22.3 Å². The maximum atomic E-state index is 7.88. The van der Waals surface area contributed by atoms with E-state index in [4.69, 9.17) is 4.42 Å². The molecule has 3 heterocycles. The molecular weight excluding hydrogens is 920 g/mol. The SMILES string of the molecule is CC(C)(C)c1ccc2c(c1)B1c3oc4cc5c(cc4c3N(c3cc4c(cc3-c3ccccc3)C(C)(C)CCC4(C)C)c3cc(C(C)(C)C)cc(c31)N2c1ccc(C(C)(C)C)cc1-c1ccccc1)C1(C)CCC5(C)CC1. The number of nitrogens with zero attached hydrogens (tertiary/aromatic N) is 2. The zero-order chi connectivity index (χ0) is 53.4. The lowest BCUT2D eigenvalue weighted by atomic mass is 9.35. The van der Waals surface area contributed by atoms with Crippen molar-refractivity contribution in [3.05, 3.63) is 172 Å². The van der Waals surface area contributed by atoms with E-state index >= 15 is 0 Å². The minimum absolute atomic E-state index is 0.0182. The van der Waals surface area contributed by atoms with Crippen molar-refractivity contribution in [2.45, 2.75) is 180 Å². The molecule has 3 nitrogen and oxygen atoms in total. The number of fused-ring (bicyclic) bond motifs is 9. The van der Waals surface area contributed by atoms with Gasteiger partial charge in [-0.15, -0.1) is 0 Å². The molecule has 7 aromatic carbocycles. The first kappa shape index (κ1) is 49.3. The zero-order valence-corrected chi connectivity index (χ0v) is 48.3. The summed E-state index contributed by atoms with van der Waals surface area (Å²) < 4.78 is 7.88. The summed E-state index contributed by atoms with van der Waals surface area (Å²) in [6.07, 6.45) is 7.19. The molecule has 76 heavy (non-hydrogen) atoms. The van der Waals surface area contributed by atoms with Crippen LogP contribution in [0.15, 0.2) is 138 Å². The van der Waals surface area contributed by atoms with Gasteiger partial charge in [0.25, 0.3) is 6.71 Å². The Morgan fingerprint density at radius 2 is 0.908 bits per heavy atom. The molecule has 2 bridgehead atoms. The fraction of sp³-hybridized carbons (Fsp3) is 0.389. The van der Waals surface area contributed by atoms with Gasteiger partial charge >= 0.3 is 0 Å². The lowest BCUT2D eigenvalue weighted by Gasteiger charge is -2.52. The molecule has 0 amide bonds. The summed E-state index contributed by atoms with van der Waals surface area (Å²) in [7, 11) is 0. The molecular formula is C72H79BN2O. The second kappa shape index (κ2) is 16.2. The largest absolute Gasteiger partial charge is 0.468 e. The molecule has 1 saturated carbocycles. The fourth-order valence-electron chi connectivity index (χ4n) is 14.5. The topological polar surface area (TPSA) is 19.6 Å². The van der Waals surface area contributed by atoms with Crippen LogP contribution in [0.25, 0.3) is 33.2 Å². The van der Waals surface area contributed by atoms with E-state index in [1.165, 1.54) is 137 Å². The van der Waals surface area contributed by atoms with Crippen LogP contribution in [-0.4, -0.2) is 6.71 Å². The molecule has 4 heteroatoms. The number of rotatable bonds is 4. The van der Waals surface area contributed by atoms with Crippen LogP contribution >= 0.6 is 0 Å². The third-order valence-electron chi connectivity index (χ3n) is 19.8. The van der Waals surface area contributed by atoms with Crippen LogP contribution in [0.1, 0.15) is 181 Å². The summed E-state index contributed by atoms with van der Waals surface area (Å²) >= 11 is 0. The summed E-state index contributed by atoms with van der Waals surface area (Å²) in [5, 5.41) is 1.23. The summed E-state index contributed by atoms with van der Waals surface area (Å²) in [6, 6.07) is 52.6. The zero-order valence-electron chi connectivity index (χ0n) is 48.3. The van der Waals surface area contributed by atoms with Crippen LogP contribution in [0, 0.1) is 0 Å². The number of furan rings is 1. The van der Waals surface area contributed by atoms with Gasteiger partial charge in [-0.1, -0.05) is 183 Å². The monoisotopic (exact) mass is 999 g/mol. The van der Waals surface area contributed by atoms with Crippen LogP contribution in [0.3, 0.4) is 0 Å². The predicted molar refractivity (Wildman–Crippen MR) is 326 cm³/mol. The van der Waals surface area contributed by atoms with Crippen LogP contribution in [0.4, 0.5) is 34.1 Å². The minimum Gasteiger partial charge on any atom is -0.468 e.